The second-order valence-corrected chi connectivity index (χ2v) is 5.19. The fourth-order valence-electron chi connectivity index (χ4n) is 2.00. The van der Waals surface area contributed by atoms with Crippen molar-refractivity contribution in [3.63, 3.8) is 0 Å². The Labute approximate surface area is 139 Å². The molecule has 1 aromatic carbocycles. The molecule has 1 aromatic rings. The van der Waals surface area contributed by atoms with Crippen molar-refractivity contribution in [2.45, 2.75) is 31.8 Å². The Morgan fingerprint density at radius 3 is 2.33 bits per heavy atom. The molecule has 24 heavy (non-hydrogen) atoms. The van der Waals surface area contributed by atoms with E-state index in [4.69, 9.17) is 5.73 Å². The van der Waals surface area contributed by atoms with E-state index in [2.05, 4.69) is 10.6 Å². The van der Waals surface area contributed by atoms with E-state index in [0.717, 1.165) is 0 Å². The highest BCUT2D eigenvalue weighted by atomic mass is 16.4. The highest BCUT2D eigenvalue weighted by Crippen LogP contribution is 2.12. The molecule has 0 bridgehead atoms. The monoisotopic (exact) mass is 335 g/mol. The third-order valence-corrected chi connectivity index (χ3v) is 3.25. The summed E-state index contributed by atoms with van der Waals surface area (Å²) in [5.41, 5.74) is 5.94. The van der Waals surface area contributed by atoms with Gasteiger partial charge in [-0.05, 0) is 12.0 Å². The largest absolute Gasteiger partial charge is 0.479 e. The van der Waals surface area contributed by atoms with Crippen LogP contribution in [0.1, 0.15) is 31.4 Å². The minimum atomic E-state index is -1.24. The molecule has 2 atom stereocenters. The van der Waals surface area contributed by atoms with Gasteiger partial charge in [0.25, 0.3) is 5.91 Å². The molecule has 8 nitrogen and oxygen atoms in total. The van der Waals surface area contributed by atoms with Gasteiger partial charge in [0.2, 0.25) is 11.7 Å². The molecule has 0 fully saturated rings. The summed E-state index contributed by atoms with van der Waals surface area (Å²) in [7, 11) is 0. The molecule has 130 valence electrons. The lowest BCUT2D eigenvalue weighted by molar-refractivity contribution is -0.142. The number of carboxylic acids is 1. The Balaban J connectivity index is 2.57. The average molecular weight is 335 g/mol. The van der Waals surface area contributed by atoms with Crippen molar-refractivity contribution >= 4 is 23.6 Å². The molecule has 5 N–H and O–H groups in total. The Morgan fingerprint density at radius 2 is 1.79 bits per heavy atom. The summed E-state index contributed by atoms with van der Waals surface area (Å²) in [5, 5.41) is 13.6. The Bertz CT molecular complexity index is 603. The van der Waals surface area contributed by atoms with Crippen molar-refractivity contribution in [2.24, 2.45) is 5.73 Å². The van der Waals surface area contributed by atoms with Crippen LogP contribution in [0.5, 0.6) is 0 Å². The van der Waals surface area contributed by atoms with Gasteiger partial charge in [0, 0.05) is 0 Å². The fraction of sp³-hybridized carbons (Fsp3) is 0.375. The first-order chi connectivity index (χ1) is 11.4. The lowest BCUT2D eigenvalue weighted by Gasteiger charge is -2.15. The van der Waals surface area contributed by atoms with Crippen LogP contribution in [0.25, 0.3) is 0 Å². The summed E-state index contributed by atoms with van der Waals surface area (Å²) in [6, 6.07) is 5.98. The van der Waals surface area contributed by atoms with E-state index >= 15 is 0 Å². The zero-order valence-corrected chi connectivity index (χ0v) is 13.3. The topological polar surface area (TPSA) is 139 Å². The van der Waals surface area contributed by atoms with Gasteiger partial charge in [0.1, 0.15) is 0 Å². The van der Waals surface area contributed by atoms with Gasteiger partial charge in [-0.1, -0.05) is 43.7 Å². The molecule has 0 aliphatic carbocycles. The third kappa shape index (κ3) is 5.81. The van der Waals surface area contributed by atoms with E-state index in [-0.39, 0.29) is 0 Å². The normalized spacial score (nSPS) is 12.8. The number of Topliss-reactive ketones (excluding diaryl/α,β-unsaturated/α-hetero) is 1. The number of nitrogens with two attached hydrogens (primary N) is 1. The number of benzene rings is 1. The quantitative estimate of drug-likeness (QED) is 0.459. The maximum Gasteiger partial charge on any atom is 0.330 e. The zero-order valence-electron chi connectivity index (χ0n) is 13.3. The van der Waals surface area contributed by atoms with Crippen LogP contribution < -0.4 is 16.4 Å². The van der Waals surface area contributed by atoms with Gasteiger partial charge in [-0.3, -0.25) is 14.4 Å². The van der Waals surface area contributed by atoms with Gasteiger partial charge in [-0.25, -0.2) is 4.79 Å². The van der Waals surface area contributed by atoms with Gasteiger partial charge in [-0.15, -0.1) is 0 Å². The molecule has 0 spiro atoms. The number of carbonyl (C=O) groups excluding carboxylic acids is 3. The van der Waals surface area contributed by atoms with Crippen molar-refractivity contribution in [1.29, 1.82) is 0 Å². The number of rotatable bonds is 9. The minimum absolute atomic E-state index is 0.369. The summed E-state index contributed by atoms with van der Waals surface area (Å²) >= 11 is 0. The van der Waals surface area contributed by atoms with Gasteiger partial charge in [0.05, 0.1) is 12.6 Å². The number of hydrogen-bond acceptors (Lipinski definition) is 5. The predicted octanol–water partition coefficient (Wildman–Crippen LogP) is -0.259. The number of amides is 2. The van der Waals surface area contributed by atoms with Crippen molar-refractivity contribution in [3.05, 3.63) is 35.9 Å². The van der Waals surface area contributed by atoms with Crippen molar-refractivity contribution in [2.75, 3.05) is 6.54 Å². The van der Waals surface area contributed by atoms with E-state index in [1.165, 1.54) is 0 Å². The zero-order chi connectivity index (χ0) is 18.1. The number of carbonyl (C=O) groups is 4. The van der Waals surface area contributed by atoms with Gasteiger partial charge >= 0.3 is 5.97 Å². The van der Waals surface area contributed by atoms with E-state index in [1.54, 1.807) is 30.3 Å². The molecule has 0 radical (unpaired) electrons. The molecule has 0 aromatic heterocycles. The average Bonchev–Trinajstić information content (AvgIpc) is 2.57. The number of nitrogens with one attached hydrogen (secondary N) is 2. The Kier molecular flexibility index (Phi) is 7.57. The maximum atomic E-state index is 11.8. The van der Waals surface area contributed by atoms with Crippen LogP contribution in [0.15, 0.2) is 30.3 Å². The molecule has 0 heterocycles. The van der Waals surface area contributed by atoms with Crippen molar-refractivity contribution in [1.82, 2.24) is 10.6 Å². The molecular weight excluding hydrogens is 314 g/mol. The number of aliphatic carboxylic acids is 1. The SMILES string of the molecule is CCCC(N)C(=O)C(=O)NCC(=O)NC(C(=O)O)c1ccccc1. The minimum Gasteiger partial charge on any atom is -0.479 e. The van der Waals surface area contributed by atoms with E-state index < -0.39 is 42.2 Å². The van der Waals surface area contributed by atoms with Gasteiger partial charge < -0.3 is 21.5 Å². The summed E-state index contributed by atoms with van der Waals surface area (Å²) in [5.74, 6) is -3.72. The van der Waals surface area contributed by atoms with Crippen LogP contribution in [-0.4, -0.2) is 41.3 Å². The van der Waals surface area contributed by atoms with Crippen LogP contribution in [0, 0.1) is 0 Å². The molecule has 0 saturated carbocycles. The highest BCUT2D eigenvalue weighted by Gasteiger charge is 2.24. The standard InChI is InChI=1S/C16H21N3O5/c1-2-6-11(17)14(21)15(22)18-9-12(20)19-13(16(23)24)10-7-4-3-5-8-10/h3-5,7-8,11,13H,2,6,9,17H2,1H3,(H,18,22)(H,19,20)(H,23,24). The molecule has 0 aliphatic rings. The molecule has 1 rings (SSSR count). The second-order valence-electron chi connectivity index (χ2n) is 5.19. The summed E-state index contributed by atoms with van der Waals surface area (Å²) in [4.78, 5) is 46.3. The third-order valence-electron chi connectivity index (χ3n) is 3.25. The van der Waals surface area contributed by atoms with Gasteiger partial charge in [-0.2, -0.15) is 0 Å². The predicted molar refractivity (Wildman–Crippen MR) is 85.9 cm³/mol. The Morgan fingerprint density at radius 1 is 1.17 bits per heavy atom. The lowest BCUT2D eigenvalue weighted by atomic mass is 10.1. The molecule has 2 amide bonds. The first-order valence-corrected chi connectivity index (χ1v) is 7.51. The molecule has 0 saturated heterocycles. The maximum absolute atomic E-state index is 11.8. The number of ketones is 1. The summed E-state index contributed by atoms with van der Waals surface area (Å²) in [6.07, 6.45) is 1.02. The Hall–Kier alpha value is -2.74. The number of carboxylic acid groups (broad SMARTS) is 1. The smallest absolute Gasteiger partial charge is 0.330 e. The molecular formula is C16H21N3O5. The van der Waals surface area contributed by atoms with Crippen LogP contribution in [0.4, 0.5) is 0 Å². The number of hydrogen-bond donors (Lipinski definition) is 4. The molecule has 0 aliphatic heterocycles. The first-order valence-electron chi connectivity index (χ1n) is 7.51. The van der Waals surface area contributed by atoms with Crippen molar-refractivity contribution < 1.29 is 24.3 Å². The second kappa shape index (κ2) is 9.41. The highest BCUT2D eigenvalue weighted by molar-refractivity contribution is 6.38. The van der Waals surface area contributed by atoms with Crippen LogP contribution in [-0.2, 0) is 19.2 Å². The van der Waals surface area contributed by atoms with E-state index in [0.29, 0.717) is 18.4 Å². The summed E-state index contributed by atoms with van der Waals surface area (Å²) < 4.78 is 0. The van der Waals surface area contributed by atoms with Gasteiger partial charge in [0.15, 0.2) is 6.04 Å². The van der Waals surface area contributed by atoms with Crippen LogP contribution >= 0.6 is 0 Å². The van der Waals surface area contributed by atoms with Crippen molar-refractivity contribution in [3.8, 4) is 0 Å². The molecule has 8 heteroatoms. The van der Waals surface area contributed by atoms with E-state index in [9.17, 15) is 24.3 Å². The first kappa shape index (κ1) is 19.3. The molecule has 2 unspecified atom stereocenters. The van der Waals surface area contributed by atoms with E-state index in [1.807, 2.05) is 6.92 Å². The lowest BCUT2D eigenvalue weighted by Crippen LogP contribution is -2.46. The summed E-state index contributed by atoms with van der Waals surface area (Å²) in [6.45, 7) is 1.31. The van der Waals surface area contributed by atoms with Crippen LogP contribution in [0.3, 0.4) is 0 Å². The fourth-order valence-corrected chi connectivity index (χ4v) is 2.00. The van der Waals surface area contributed by atoms with Crippen LogP contribution in [0.2, 0.25) is 0 Å².